The Morgan fingerprint density at radius 3 is 2.67 bits per heavy atom. The number of rotatable bonds is 5. The molecule has 0 aromatic carbocycles. The van der Waals surface area contributed by atoms with Crippen LogP contribution in [0.25, 0.3) is 16.8 Å². The van der Waals surface area contributed by atoms with Crippen LogP contribution in [0.3, 0.4) is 0 Å². The van der Waals surface area contributed by atoms with Crippen LogP contribution in [0, 0.1) is 0 Å². The molecule has 4 rings (SSSR count). The maximum Gasteiger partial charge on any atom is 0.296 e. The van der Waals surface area contributed by atoms with Gasteiger partial charge >= 0.3 is 0 Å². The average Bonchev–Trinajstić information content (AvgIpc) is 3.18. The fraction of sp³-hybridized carbons (Fsp3) is 0.556. The molecule has 3 heterocycles. The number of unbranched alkanes of at least 4 members (excludes halogenated alkanes) is 1. The van der Waals surface area contributed by atoms with Crippen molar-refractivity contribution in [2.45, 2.75) is 64.8 Å². The Labute approximate surface area is 140 Å². The predicted octanol–water partition coefficient (Wildman–Crippen LogP) is 2.85. The van der Waals surface area contributed by atoms with Crippen LogP contribution in [0.1, 0.15) is 57.8 Å². The molecule has 126 valence electrons. The van der Waals surface area contributed by atoms with E-state index >= 15 is 0 Å². The molecule has 1 aliphatic carbocycles. The Bertz CT molecular complexity index is 980. The third kappa shape index (κ3) is 2.16. The summed E-state index contributed by atoms with van der Waals surface area (Å²) in [6.45, 7) is 7.10. The second kappa shape index (κ2) is 5.40. The highest BCUT2D eigenvalue weighted by Gasteiger charge is 2.44. The minimum absolute atomic E-state index is 0.0273. The molecule has 0 atom stereocenters. The second-order valence-electron chi connectivity index (χ2n) is 7.09. The first-order chi connectivity index (χ1) is 11.6. The maximum atomic E-state index is 13.0. The quantitative estimate of drug-likeness (QED) is 0.723. The highest BCUT2D eigenvalue weighted by Crippen LogP contribution is 2.46. The van der Waals surface area contributed by atoms with E-state index in [1.165, 1.54) is 0 Å². The summed E-state index contributed by atoms with van der Waals surface area (Å²) in [4.78, 5) is 17.7. The number of aromatic nitrogens is 5. The van der Waals surface area contributed by atoms with Gasteiger partial charge in [-0.05, 0) is 37.3 Å². The summed E-state index contributed by atoms with van der Waals surface area (Å²) in [7, 11) is 0. The van der Waals surface area contributed by atoms with Gasteiger partial charge in [-0.3, -0.25) is 9.20 Å². The lowest BCUT2D eigenvalue weighted by Crippen LogP contribution is -2.25. The van der Waals surface area contributed by atoms with Gasteiger partial charge in [-0.1, -0.05) is 27.2 Å². The molecule has 1 saturated carbocycles. The standard InChI is InChI=1S/C18H23N5O/c1-4-6-9-22-13-10-12(5-2)11-19-14(13)23-15(16(22)24)20-21-17(23)18(3)7-8-18/h10-11H,4-9H2,1-3H3. The average molecular weight is 325 g/mol. The summed E-state index contributed by atoms with van der Waals surface area (Å²) in [5, 5.41) is 8.59. The van der Waals surface area contributed by atoms with E-state index in [0.29, 0.717) is 12.2 Å². The molecule has 24 heavy (non-hydrogen) atoms. The Kier molecular flexibility index (Phi) is 3.44. The molecule has 0 radical (unpaired) electrons. The molecule has 0 bridgehead atoms. The van der Waals surface area contributed by atoms with Crippen molar-refractivity contribution < 1.29 is 0 Å². The summed E-state index contributed by atoms with van der Waals surface area (Å²) in [5.74, 6) is 0.874. The van der Waals surface area contributed by atoms with Gasteiger partial charge in [-0.15, -0.1) is 10.2 Å². The van der Waals surface area contributed by atoms with E-state index in [-0.39, 0.29) is 11.0 Å². The molecule has 6 nitrogen and oxygen atoms in total. The number of hydrogen-bond donors (Lipinski definition) is 0. The van der Waals surface area contributed by atoms with Crippen molar-refractivity contribution in [3.8, 4) is 0 Å². The van der Waals surface area contributed by atoms with Crippen LogP contribution in [-0.4, -0.2) is 24.1 Å². The first kappa shape index (κ1) is 15.3. The van der Waals surface area contributed by atoms with Crippen LogP contribution in [0.2, 0.25) is 0 Å². The third-order valence-electron chi connectivity index (χ3n) is 5.19. The summed E-state index contributed by atoms with van der Waals surface area (Å²) >= 11 is 0. The highest BCUT2D eigenvalue weighted by molar-refractivity contribution is 5.75. The van der Waals surface area contributed by atoms with E-state index in [4.69, 9.17) is 0 Å². The van der Waals surface area contributed by atoms with Gasteiger partial charge in [0, 0.05) is 18.2 Å². The number of nitrogens with zero attached hydrogens (tertiary/aromatic N) is 5. The zero-order valence-electron chi connectivity index (χ0n) is 14.5. The number of fused-ring (bicyclic) bond motifs is 3. The molecular weight excluding hydrogens is 302 g/mol. The fourth-order valence-electron chi connectivity index (χ4n) is 3.25. The lowest BCUT2D eigenvalue weighted by molar-refractivity contribution is 0.628. The Morgan fingerprint density at radius 1 is 1.21 bits per heavy atom. The van der Waals surface area contributed by atoms with E-state index in [1.54, 1.807) is 0 Å². The van der Waals surface area contributed by atoms with E-state index in [1.807, 2.05) is 15.2 Å². The molecule has 3 aromatic heterocycles. The largest absolute Gasteiger partial charge is 0.302 e. The van der Waals surface area contributed by atoms with Gasteiger partial charge in [-0.2, -0.15) is 0 Å². The van der Waals surface area contributed by atoms with Crippen molar-refractivity contribution in [3.05, 3.63) is 34.0 Å². The van der Waals surface area contributed by atoms with Crippen LogP contribution in [-0.2, 0) is 18.4 Å². The van der Waals surface area contributed by atoms with Crippen molar-refractivity contribution >= 4 is 16.8 Å². The van der Waals surface area contributed by atoms with Crippen LogP contribution in [0.4, 0.5) is 0 Å². The molecule has 0 N–H and O–H groups in total. The zero-order valence-corrected chi connectivity index (χ0v) is 14.5. The van der Waals surface area contributed by atoms with Gasteiger partial charge in [0.05, 0.1) is 5.52 Å². The molecular formula is C18H23N5O. The van der Waals surface area contributed by atoms with Gasteiger partial charge < -0.3 is 4.57 Å². The second-order valence-corrected chi connectivity index (χ2v) is 7.09. The first-order valence-corrected chi connectivity index (χ1v) is 8.86. The fourth-order valence-corrected chi connectivity index (χ4v) is 3.25. The summed E-state index contributed by atoms with van der Waals surface area (Å²) in [6, 6.07) is 2.10. The third-order valence-corrected chi connectivity index (χ3v) is 5.19. The zero-order chi connectivity index (χ0) is 16.9. The Balaban J connectivity index is 2.10. The SMILES string of the molecule is CCCCn1c(=O)c2nnc(C3(C)CC3)n2c2ncc(CC)cc21. The molecule has 3 aromatic rings. The highest BCUT2D eigenvalue weighted by atomic mass is 16.1. The van der Waals surface area contributed by atoms with E-state index < -0.39 is 0 Å². The van der Waals surface area contributed by atoms with Crippen LogP contribution in [0.5, 0.6) is 0 Å². The first-order valence-electron chi connectivity index (χ1n) is 8.86. The van der Waals surface area contributed by atoms with Crippen LogP contribution in [0.15, 0.2) is 17.1 Å². The summed E-state index contributed by atoms with van der Waals surface area (Å²) < 4.78 is 3.72. The monoisotopic (exact) mass is 325 g/mol. The normalized spacial score (nSPS) is 16.1. The molecule has 1 fully saturated rings. The van der Waals surface area contributed by atoms with Crippen molar-refractivity contribution in [2.24, 2.45) is 0 Å². The maximum absolute atomic E-state index is 13.0. The van der Waals surface area contributed by atoms with Crippen molar-refractivity contribution in [1.29, 1.82) is 0 Å². The van der Waals surface area contributed by atoms with Gasteiger partial charge in [0.1, 0.15) is 5.82 Å². The molecule has 0 saturated heterocycles. The summed E-state index contributed by atoms with van der Waals surface area (Å²) in [5.41, 5.74) is 3.20. The lowest BCUT2D eigenvalue weighted by atomic mass is 10.1. The smallest absolute Gasteiger partial charge is 0.296 e. The lowest BCUT2D eigenvalue weighted by Gasteiger charge is -2.14. The van der Waals surface area contributed by atoms with Gasteiger partial charge in [0.15, 0.2) is 5.65 Å². The molecule has 0 unspecified atom stereocenters. The van der Waals surface area contributed by atoms with Gasteiger partial charge in [-0.25, -0.2) is 4.98 Å². The number of pyridine rings is 1. The molecule has 1 aliphatic rings. The molecule has 0 spiro atoms. The van der Waals surface area contributed by atoms with Crippen LogP contribution >= 0.6 is 0 Å². The van der Waals surface area contributed by atoms with E-state index in [9.17, 15) is 4.79 Å². The Hall–Kier alpha value is -2.24. The van der Waals surface area contributed by atoms with Crippen molar-refractivity contribution in [1.82, 2.24) is 24.1 Å². The number of hydrogen-bond acceptors (Lipinski definition) is 4. The van der Waals surface area contributed by atoms with Crippen molar-refractivity contribution in [2.75, 3.05) is 0 Å². The Morgan fingerprint density at radius 2 is 2.00 bits per heavy atom. The molecule has 0 aliphatic heterocycles. The molecule has 0 amide bonds. The number of aryl methyl sites for hydroxylation is 2. The van der Waals surface area contributed by atoms with E-state index in [2.05, 4.69) is 42.0 Å². The minimum atomic E-state index is -0.0611. The topological polar surface area (TPSA) is 65.1 Å². The van der Waals surface area contributed by atoms with Crippen LogP contribution < -0.4 is 5.56 Å². The molecule has 6 heteroatoms. The summed E-state index contributed by atoms with van der Waals surface area (Å²) in [6.07, 6.45) is 6.96. The van der Waals surface area contributed by atoms with E-state index in [0.717, 1.165) is 54.7 Å². The van der Waals surface area contributed by atoms with Gasteiger partial charge in [0.25, 0.3) is 5.56 Å². The minimum Gasteiger partial charge on any atom is -0.302 e. The van der Waals surface area contributed by atoms with Gasteiger partial charge in [0.2, 0.25) is 5.65 Å². The van der Waals surface area contributed by atoms with Crippen molar-refractivity contribution in [3.63, 3.8) is 0 Å². The predicted molar refractivity (Wildman–Crippen MR) is 93.4 cm³/mol.